The average molecular weight is 412 g/mol. The number of benzene rings is 2. The minimum Gasteiger partial charge on any atom is -0.207 e. The predicted molar refractivity (Wildman–Crippen MR) is 95.3 cm³/mol. The van der Waals surface area contributed by atoms with Crippen LogP contribution in [0.3, 0.4) is 0 Å². The van der Waals surface area contributed by atoms with Gasteiger partial charge < -0.3 is 0 Å². The van der Waals surface area contributed by atoms with Crippen LogP contribution in [-0.2, 0) is 0 Å². The Morgan fingerprint density at radius 3 is 2.00 bits per heavy atom. The molecule has 1 atom stereocenters. The number of allylic oxidation sites excluding steroid dienone is 1. The molecule has 0 fully saturated rings. The first kappa shape index (κ1) is 20.1. The summed E-state index contributed by atoms with van der Waals surface area (Å²) < 4.78 is 54.8. The Bertz CT molecular complexity index is 803. The highest BCUT2D eigenvalue weighted by Gasteiger charge is 2.40. The molecule has 0 bridgehead atoms. The van der Waals surface area contributed by atoms with E-state index in [0.29, 0.717) is 6.08 Å². The highest BCUT2D eigenvalue weighted by molar-refractivity contribution is 6.48. The number of halogens is 7. The van der Waals surface area contributed by atoms with Crippen LogP contribution in [0.1, 0.15) is 28.2 Å². The van der Waals surface area contributed by atoms with Crippen LogP contribution in [0.5, 0.6) is 0 Å². The molecular formula is C18H13Cl3F4. The van der Waals surface area contributed by atoms with E-state index in [9.17, 15) is 17.6 Å². The third-order valence-electron chi connectivity index (χ3n) is 3.81. The first-order chi connectivity index (χ1) is 11.5. The molecule has 0 aliphatic rings. The Hall–Kier alpha value is -1.23. The minimum absolute atomic E-state index is 0.0494. The van der Waals surface area contributed by atoms with Crippen LogP contribution in [-0.4, -0.2) is 6.18 Å². The maximum Gasteiger partial charge on any atom is 0.399 e. The van der Waals surface area contributed by atoms with E-state index in [-0.39, 0.29) is 26.2 Å². The SMILES string of the molecule is Cc1ccc(/C(F)=C/C(c2cc(Cl)c(Cl)c(Cl)c2)C(F)(F)F)cc1C. The molecule has 0 aromatic heterocycles. The van der Waals surface area contributed by atoms with Gasteiger partial charge in [0.2, 0.25) is 0 Å². The fraction of sp³-hybridized carbons (Fsp3) is 0.222. The fourth-order valence-electron chi connectivity index (χ4n) is 2.27. The number of rotatable bonds is 3. The van der Waals surface area contributed by atoms with E-state index in [4.69, 9.17) is 34.8 Å². The van der Waals surface area contributed by atoms with Crippen LogP contribution < -0.4 is 0 Å². The first-order valence-electron chi connectivity index (χ1n) is 7.16. The van der Waals surface area contributed by atoms with E-state index in [2.05, 4.69) is 0 Å². The van der Waals surface area contributed by atoms with Crippen molar-refractivity contribution in [3.05, 3.63) is 73.7 Å². The third kappa shape index (κ3) is 4.69. The topological polar surface area (TPSA) is 0 Å². The van der Waals surface area contributed by atoms with E-state index >= 15 is 0 Å². The molecule has 0 saturated heterocycles. The molecular weight excluding hydrogens is 399 g/mol. The molecule has 0 N–H and O–H groups in total. The van der Waals surface area contributed by atoms with Crippen LogP contribution in [0, 0.1) is 13.8 Å². The molecule has 25 heavy (non-hydrogen) atoms. The van der Waals surface area contributed by atoms with E-state index in [0.717, 1.165) is 23.3 Å². The van der Waals surface area contributed by atoms with E-state index < -0.39 is 17.9 Å². The summed E-state index contributed by atoms with van der Waals surface area (Å²) in [5, 5.41) is -0.302. The number of hydrogen-bond donors (Lipinski definition) is 0. The van der Waals surface area contributed by atoms with Crippen LogP contribution in [0.15, 0.2) is 36.4 Å². The molecule has 2 rings (SSSR count). The number of alkyl halides is 3. The lowest BCUT2D eigenvalue weighted by atomic mass is 9.96. The molecule has 0 saturated carbocycles. The maximum atomic E-state index is 14.5. The van der Waals surface area contributed by atoms with E-state index in [1.54, 1.807) is 13.0 Å². The van der Waals surface area contributed by atoms with Gasteiger partial charge >= 0.3 is 6.18 Å². The van der Waals surface area contributed by atoms with Crippen molar-refractivity contribution in [2.75, 3.05) is 0 Å². The quantitative estimate of drug-likeness (QED) is 0.355. The lowest BCUT2D eigenvalue weighted by Gasteiger charge is -2.19. The van der Waals surface area contributed by atoms with Gasteiger partial charge in [0.15, 0.2) is 0 Å². The van der Waals surface area contributed by atoms with Crippen molar-refractivity contribution in [1.82, 2.24) is 0 Å². The van der Waals surface area contributed by atoms with Gasteiger partial charge in [-0.05, 0) is 54.8 Å². The van der Waals surface area contributed by atoms with Crippen molar-refractivity contribution < 1.29 is 17.6 Å². The second-order valence-electron chi connectivity index (χ2n) is 5.63. The zero-order valence-electron chi connectivity index (χ0n) is 13.2. The summed E-state index contributed by atoms with van der Waals surface area (Å²) in [7, 11) is 0. The summed E-state index contributed by atoms with van der Waals surface area (Å²) in [4.78, 5) is 0. The van der Waals surface area contributed by atoms with Gasteiger partial charge in [0.1, 0.15) is 11.7 Å². The summed E-state index contributed by atoms with van der Waals surface area (Å²) in [6.07, 6.45) is -4.21. The van der Waals surface area contributed by atoms with Gasteiger partial charge in [-0.1, -0.05) is 46.9 Å². The molecule has 0 aliphatic heterocycles. The van der Waals surface area contributed by atoms with Crippen LogP contribution >= 0.6 is 34.8 Å². The second-order valence-corrected chi connectivity index (χ2v) is 6.82. The maximum absolute atomic E-state index is 14.5. The van der Waals surface area contributed by atoms with Crippen molar-refractivity contribution in [1.29, 1.82) is 0 Å². The van der Waals surface area contributed by atoms with Crippen molar-refractivity contribution >= 4 is 40.6 Å². The zero-order valence-corrected chi connectivity index (χ0v) is 15.5. The summed E-state index contributed by atoms with van der Waals surface area (Å²) in [6, 6.07) is 6.66. The van der Waals surface area contributed by atoms with Gasteiger partial charge in [0, 0.05) is 5.56 Å². The monoisotopic (exact) mass is 410 g/mol. The average Bonchev–Trinajstić information content (AvgIpc) is 2.51. The summed E-state index contributed by atoms with van der Waals surface area (Å²) in [6.45, 7) is 3.59. The predicted octanol–water partition coefficient (Wildman–Crippen LogP) is 7.92. The summed E-state index contributed by atoms with van der Waals surface area (Å²) >= 11 is 17.4. The molecule has 2 aromatic carbocycles. The van der Waals surface area contributed by atoms with Gasteiger partial charge in [0.25, 0.3) is 0 Å². The molecule has 7 heteroatoms. The minimum atomic E-state index is -4.72. The second kappa shape index (κ2) is 7.56. The lowest BCUT2D eigenvalue weighted by Crippen LogP contribution is -2.19. The fourth-order valence-corrected chi connectivity index (χ4v) is 2.88. The third-order valence-corrected chi connectivity index (χ3v) is 5.01. The Balaban J connectivity index is 2.53. The number of aryl methyl sites for hydroxylation is 2. The highest BCUT2D eigenvalue weighted by atomic mass is 35.5. The first-order valence-corrected chi connectivity index (χ1v) is 8.30. The summed E-state index contributed by atoms with van der Waals surface area (Å²) in [5.74, 6) is -3.19. The van der Waals surface area contributed by atoms with Crippen LogP contribution in [0.4, 0.5) is 17.6 Å². The normalized spacial score (nSPS) is 13.9. The van der Waals surface area contributed by atoms with E-state index in [1.807, 2.05) is 6.92 Å². The van der Waals surface area contributed by atoms with Gasteiger partial charge in [0.05, 0.1) is 15.1 Å². The van der Waals surface area contributed by atoms with Crippen LogP contribution in [0.25, 0.3) is 5.83 Å². The smallest absolute Gasteiger partial charge is 0.207 e. The Labute approximate surface area is 158 Å². The molecule has 134 valence electrons. The van der Waals surface area contributed by atoms with Gasteiger partial charge in [-0.15, -0.1) is 0 Å². The molecule has 0 radical (unpaired) electrons. The van der Waals surface area contributed by atoms with Gasteiger partial charge in [-0.2, -0.15) is 13.2 Å². The molecule has 0 spiro atoms. The highest BCUT2D eigenvalue weighted by Crippen LogP contribution is 2.42. The van der Waals surface area contributed by atoms with Crippen molar-refractivity contribution in [3.8, 4) is 0 Å². The zero-order chi connectivity index (χ0) is 18.9. The molecule has 0 nitrogen and oxygen atoms in total. The van der Waals surface area contributed by atoms with Gasteiger partial charge in [-0.3, -0.25) is 0 Å². The molecule has 1 unspecified atom stereocenters. The molecule has 0 aliphatic carbocycles. The van der Waals surface area contributed by atoms with Crippen LogP contribution in [0.2, 0.25) is 15.1 Å². The Kier molecular flexibility index (Phi) is 6.08. The van der Waals surface area contributed by atoms with Crippen molar-refractivity contribution in [2.45, 2.75) is 25.9 Å². The molecule has 0 amide bonds. The Morgan fingerprint density at radius 2 is 1.52 bits per heavy atom. The van der Waals surface area contributed by atoms with Crippen molar-refractivity contribution in [2.24, 2.45) is 0 Å². The standard InChI is InChI=1S/C18H13Cl3F4/c1-9-3-4-11(5-10(9)2)16(22)8-13(18(23,24)25)12-6-14(19)17(21)15(20)7-12/h3-8,13H,1-2H3/b16-8-. The largest absolute Gasteiger partial charge is 0.399 e. The summed E-state index contributed by atoms with van der Waals surface area (Å²) in [5.41, 5.74) is 1.48. The molecule has 2 aromatic rings. The van der Waals surface area contributed by atoms with E-state index in [1.165, 1.54) is 12.1 Å². The van der Waals surface area contributed by atoms with Gasteiger partial charge in [-0.25, -0.2) is 4.39 Å². The Morgan fingerprint density at radius 1 is 0.960 bits per heavy atom. The lowest BCUT2D eigenvalue weighted by molar-refractivity contribution is -0.139. The number of hydrogen-bond acceptors (Lipinski definition) is 0. The van der Waals surface area contributed by atoms with Crippen molar-refractivity contribution in [3.63, 3.8) is 0 Å². The molecule has 0 heterocycles.